The third kappa shape index (κ3) is 2.62. The molecular weight excluding hydrogens is 240 g/mol. The maximum absolute atomic E-state index is 10.9. The summed E-state index contributed by atoms with van der Waals surface area (Å²) in [5.41, 5.74) is 1.60. The van der Waals surface area contributed by atoms with Crippen LogP contribution in [0.25, 0.3) is 5.65 Å². The zero-order valence-electron chi connectivity index (χ0n) is 9.06. The third-order valence-electron chi connectivity index (χ3n) is 2.27. The first kappa shape index (κ1) is 11.6. The third-order valence-corrected chi connectivity index (χ3v) is 2.53. The molecule has 17 heavy (non-hydrogen) atoms. The highest BCUT2D eigenvalue weighted by Crippen LogP contribution is 2.13. The first-order valence-corrected chi connectivity index (χ1v) is 5.46. The molecule has 88 valence electrons. The smallest absolute Gasteiger partial charge is 0.243 e. The van der Waals surface area contributed by atoms with Gasteiger partial charge in [0, 0.05) is 18.9 Å². The molecule has 0 fully saturated rings. The van der Waals surface area contributed by atoms with Crippen LogP contribution in [0.1, 0.15) is 5.56 Å². The fourth-order valence-corrected chi connectivity index (χ4v) is 1.59. The molecule has 1 amide bonds. The molecular formula is C11H11ClN4O. The Balaban J connectivity index is 2.04. The van der Waals surface area contributed by atoms with Gasteiger partial charge in [0.05, 0.1) is 6.20 Å². The van der Waals surface area contributed by atoms with Crippen molar-refractivity contribution in [2.45, 2.75) is 6.42 Å². The number of carbonyl (C=O) groups is 1. The maximum Gasteiger partial charge on any atom is 0.243 e. The molecule has 2 aromatic rings. The van der Waals surface area contributed by atoms with Crippen molar-refractivity contribution in [3.63, 3.8) is 0 Å². The van der Waals surface area contributed by atoms with Crippen molar-refractivity contribution >= 4 is 23.2 Å². The quantitative estimate of drug-likeness (QED) is 0.831. The van der Waals surface area contributed by atoms with Crippen molar-refractivity contribution in [3.05, 3.63) is 41.8 Å². The molecule has 0 bridgehead atoms. The minimum atomic E-state index is -0.179. The molecule has 2 aromatic heterocycles. The highest BCUT2D eigenvalue weighted by atomic mass is 35.5. The van der Waals surface area contributed by atoms with Crippen molar-refractivity contribution in [2.24, 2.45) is 0 Å². The Labute approximate surface area is 103 Å². The lowest BCUT2D eigenvalue weighted by atomic mass is 10.2. The van der Waals surface area contributed by atoms with Gasteiger partial charge in [-0.15, -0.1) is 0 Å². The van der Waals surface area contributed by atoms with Gasteiger partial charge in [-0.2, -0.15) is 5.10 Å². The van der Waals surface area contributed by atoms with Gasteiger partial charge in [-0.1, -0.05) is 18.2 Å². The van der Waals surface area contributed by atoms with E-state index in [1.165, 1.54) is 6.08 Å². The van der Waals surface area contributed by atoms with E-state index in [1.54, 1.807) is 16.9 Å². The number of amides is 1. The predicted octanol–water partition coefficient (Wildman–Crippen LogP) is 1.23. The largest absolute Gasteiger partial charge is 0.352 e. The summed E-state index contributed by atoms with van der Waals surface area (Å²) in [6.07, 6.45) is 7.04. The number of fused-ring (bicyclic) bond motifs is 1. The average Bonchev–Trinajstić information content (AvgIpc) is 2.70. The van der Waals surface area contributed by atoms with Crippen LogP contribution >= 0.6 is 11.6 Å². The highest BCUT2D eigenvalue weighted by Gasteiger charge is 2.03. The van der Waals surface area contributed by atoms with E-state index in [2.05, 4.69) is 22.0 Å². The van der Waals surface area contributed by atoms with Crippen LogP contribution in [0.3, 0.4) is 0 Å². The second kappa shape index (κ2) is 4.97. The molecule has 0 aliphatic heterocycles. The number of carbonyl (C=O) groups excluding carboxylic acids is 1. The van der Waals surface area contributed by atoms with Gasteiger partial charge in [0.2, 0.25) is 5.91 Å². The molecule has 0 atom stereocenters. The zero-order valence-corrected chi connectivity index (χ0v) is 9.81. The van der Waals surface area contributed by atoms with E-state index in [0.717, 1.165) is 5.56 Å². The summed E-state index contributed by atoms with van der Waals surface area (Å²) in [5, 5.41) is 7.28. The second-order valence-corrected chi connectivity index (χ2v) is 3.88. The van der Waals surface area contributed by atoms with E-state index in [-0.39, 0.29) is 5.91 Å². The molecule has 2 rings (SSSR count). The van der Waals surface area contributed by atoms with Crippen LogP contribution in [-0.4, -0.2) is 27.0 Å². The highest BCUT2D eigenvalue weighted by molar-refractivity contribution is 6.33. The molecule has 0 aliphatic carbocycles. The van der Waals surface area contributed by atoms with E-state index in [4.69, 9.17) is 11.6 Å². The zero-order chi connectivity index (χ0) is 12.3. The topological polar surface area (TPSA) is 59.3 Å². The fourth-order valence-electron chi connectivity index (χ4n) is 1.42. The summed E-state index contributed by atoms with van der Waals surface area (Å²) in [6.45, 7) is 3.91. The number of nitrogens with one attached hydrogen (secondary N) is 1. The Hall–Kier alpha value is -1.88. The summed E-state index contributed by atoms with van der Waals surface area (Å²) in [7, 11) is 0. The SMILES string of the molecule is C=CC(=O)NCCc1cnc2c(Cl)cnn2c1. The average molecular weight is 251 g/mol. The molecule has 0 saturated heterocycles. The monoisotopic (exact) mass is 250 g/mol. The molecule has 1 N–H and O–H groups in total. The lowest BCUT2D eigenvalue weighted by molar-refractivity contribution is -0.116. The molecule has 2 heterocycles. The van der Waals surface area contributed by atoms with E-state index in [1.807, 2.05) is 6.20 Å². The molecule has 0 radical (unpaired) electrons. The fraction of sp³-hybridized carbons (Fsp3) is 0.182. The number of nitrogens with zero attached hydrogens (tertiary/aromatic N) is 3. The lowest BCUT2D eigenvalue weighted by Gasteiger charge is -2.02. The van der Waals surface area contributed by atoms with Crippen molar-refractivity contribution in [1.82, 2.24) is 19.9 Å². The summed E-state index contributed by atoms with van der Waals surface area (Å²) in [5.74, 6) is -0.179. The summed E-state index contributed by atoms with van der Waals surface area (Å²) in [6, 6.07) is 0. The van der Waals surface area contributed by atoms with Gasteiger partial charge in [0.1, 0.15) is 5.02 Å². The normalized spacial score (nSPS) is 10.4. The molecule has 6 heteroatoms. The van der Waals surface area contributed by atoms with E-state index in [0.29, 0.717) is 23.6 Å². The Bertz CT molecular complexity index is 564. The minimum absolute atomic E-state index is 0.179. The summed E-state index contributed by atoms with van der Waals surface area (Å²) in [4.78, 5) is 15.1. The first-order chi connectivity index (χ1) is 8.20. The summed E-state index contributed by atoms with van der Waals surface area (Å²) < 4.78 is 1.62. The molecule has 0 aromatic carbocycles. The van der Waals surface area contributed by atoms with Gasteiger partial charge >= 0.3 is 0 Å². The molecule has 0 saturated carbocycles. The van der Waals surface area contributed by atoms with Crippen LogP contribution in [0.2, 0.25) is 5.02 Å². The van der Waals surface area contributed by atoms with Crippen LogP contribution in [0.4, 0.5) is 0 Å². The standard InChI is InChI=1S/C11H11ClN4O/c1-2-10(17)13-4-3-8-5-14-11-9(12)6-15-16(11)7-8/h2,5-7H,1,3-4H2,(H,13,17). The second-order valence-electron chi connectivity index (χ2n) is 3.47. The van der Waals surface area contributed by atoms with Gasteiger partial charge in [-0.05, 0) is 18.1 Å². The molecule has 0 aliphatic rings. The van der Waals surface area contributed by atoms with Crippen molar-refractivity contribution in [2.75, 3.05) is 6.54 Å². The number of aromatic nitrogens is 3. The van der Waals surface area contributed by atoms with Crippen LogP contribution in [-0.2, 0) is 11.2 Å². The number of rotatable bonds is 4. The van der Waals surface area contributed by atoms with Gasteiger partial charge in [-0.25, -0.2) is 9.50 Å². The van der Waals surface area contributed by atoms with Crippen molar-refractivity contribution < 1.29 is 4.79 Å². The van der Waals surface area contributed by atoms with Gasteiger partial charge in [0.15, 0.2) is 5.65 Å². The Morgan fingerprint density at radius 2 is 2.41 bits per heavy atom. The number of hydrogen-bond donors (Lipinski definition) is 1. The van der Waals surface area contributed by atoms with Crippen molar-refractivity contribution in [3.8, 4) is 0 Å². The molecule has 0 spiro atoms. The predicted molar refractivity (Wildman–Crippen MR) is 64.9 cm³/mol. The molecule has 0 unspecified atom stereocenters. The van der Waals surface area contributed by atoms with E-state index < -0.39 is 0 Å². The van der Waals surface area contributed by atoms with Crippen LogP contribution < -0.4 is 5.32 Å². The first-order valence-electron chi connectivity index (χ1n) is 5.08. The van der Waals surface area contributed by atoms with Gasteiger partial charge in [0.25, 0.3) is 0 Å². The van der Waals surface area contributed by atoms with Crippen LogP contribution in [0.15, 0.2) is 31.2 Å². The van der Waals surface area contributed by atoms with E-state index in [9.17, 15) is 4.79 Å². The minimum Gasteiger partial charge on any atom is -0.352 e. The van der Waals surface area contributed by atoms with Crippen molar-refractivity contribution in [1.29, 1.82) is 0 Å². The molecule has 5 nitrogen and oxygen atoms in total. The van der Waals surface area contributed by atoms with Crippen LogP contribution in [0, 0.1) is 0 Å². The number of hydrogen-bond acceptors (Lipinski definition) is 3. The Morgan fingerprint density at radius 3 is 3.18 bits per heavy atom. The Morgan fingerprint density at radius 1 is 1.59 bits per heavy atom. The number of halogens is 1. The summed E-state index contributed by atoms with van der Waals surface area (Å²) >= 11 is 5.88. The lowest BCUT2D eigenvalue weighted by Crippen LogP contribution is -2.23. The van der Waals surface area contributed by atoms with Crippen LogP contribution in [0.5, 0.6) is 0 Å². The van der Waals surface area contributed by atoms with Gasteiger partial charge in [-0.3, -0.25) is 4.79 Å². The Kier molecular flexibility index (Phi) is 3.39. The van der Waals surface area contributed by atoms with Gasteiger partial charge < -0.3 is 5.32 Å². The maximum atomic E-state index is 10.9. The van der Waals surface area contributed by atoms with E-state index >= 15 is 0 Å².